The highest BCUT2D eigenvalue weighted by Gasteiger charge is 2.61. The van der Waals surface area contributed by atoms with Gasteiger partial charge in [0, 0.05) is 0 Å². The number of hydrogen-bond acceptors (Lipinski definition) is 8. The van der Waals surface area contributed by atoms with Crippen LogP contribution >= 0.6 is 0 Å². The number of hydrogen-bond donors (Lipinski definition) is 3. The van der Waals surface area contributed by atoms with Crippen molar-refractivity contribution in [3.63, 3.8) is 0 Å². The molecular formula is C7H9NO7. The van der Waals surface area contributed by atoms with Gasteiger partial charge in [0.05, 0.1) is 6.61 Å². The first-order valence-corrected chi connectivity index (χ1v) is 3.91. The van der Waals surface area contributed by atoms with Crippen molar-refractivity contribution in [2.45, 2.75) is 17.8 Å². The molecule has 4 N–H and O–H groups in total. The molecule has 1 aliphatic rings. The van der Waals surface area contributed by atoms with E-state index >= 15 is 0 Å². The van der Waals surface area contributed by atoms with Crippen molar-refractivity contribution in [2.24, 2.45) is 5.90 Å². The molecule has 1 fully saturated rings. The molecular weight excluding hydrogens is 210 g/mol. The fraction of sp³-hybridized carbons (Fsp3) is 0.571. The lowest BCUT2D eigenvalue weighted by Gasteiger charge is -2.28. The van der Waals surface area contributed by atoms with Gasteiger partial charge in [-0.05, 0) is 0 Å². The summed E-state index contributed by atoms with van der Waals surface area (Å²) < 4.78 is 4.40. The quantitative estimate of drug-likeness (QED) is 0.193. The third-order valence-electron chi connectivity index (χ3n) is 2.13. The molecule has 84 valence electrons. The van der Waals surface area contributed by atoms with Gasteiger partial charge in [-0.15, -0.1) is 0 Å². The normalized spacial score (nSPS) is 32.6. The van der Waals surface area contributed by atoms with Gasteiger partial charge in [-0.1, -0.05) is 0 Å². The number of nitrogens with two attached hydrogens (primary N) is 1. The van der Waals surface area contributed by atoms with Crippen molar-refractivity contribution in [1.29, 1.82) is 0 Å². The fourth-order valence-electron chi connectivity index (χ4n) is 1.29. The zero-order valence-corrected chi connectivity index (χ0v) is 7.45. The van der Waals surface area contributed by atoms with Crippen molar-refractivity contribution < 1.29 is 34.2 Å². The van der Waals surface area contributed by atoms with Crippen LogP contribution in [0.3, 0.4) is 0 Å². The molecule has 15 heavy (non-hydrogen) atoms. The molecule has 0 saturated carbocycles. The topological polar surface area (TPSA) is 136 Å². The zero-order valence-electron chi connectivity index (χ0n) is 7.45. The largest absolute Gasteiger partial charge is 0.439 e. The molecule has 8 heteroatoms. The Hall–Kier alpha value is -1.35. The van der Waals surface area contributed by atoms with Crippen LogP contribution in [0.15, 0.2) is 0 Å². The molecule has 0 aromatic carbocycles. The van der Waals surface area contributed by atoms with Crippen molar-refractivity contribution in [1.82, 2.24) is 0 Å². The average Bonchev–Trinajstić information content (AvgIpc) is 2.50. The first kappa shape index (κ1) is 11.7. The Bertz CT molecular complexity index is 304. The van der Waals surface area contributed by atoms with Gasteiger partial charge in [-0.3, -0.25) is 14.4 Å². The molecule has 0 radical (unpaired) electrons. The lowest BCUT2D eigenvalue weighted by molar-refractivity contribution is -0.178. The van der Waals surface area contributed by atoms with E-state index in [1.165, 1.54) is 0 Å². The molecule has 1 aliphatic heterocycles. The summed E-state index contributed by atoms with van der Waals surface area (Å²) in [5, 5.41) is 18.0. The molecule has 0 aromatic heterocycles. The summed E-state index contributed by atoms with van der Waals surface area (Å²) in [6, 6.07) is 0. The Morgan fingerprint density at radius 1 is 1.67 bits per heavy atom. The Balaban J connectivity index is 3.13. The summed E-state index contributed by atoms with van der Waals surface area (Å²) in [5.41, 5.74) is -2.27. The first-order valence-electron chi connectivity index (χ1n) is 3.91. The molecule has 0 aromatic rings. The monoisotopic (exact) mass is 219 g/mol. The maximum absolute atomic E-state index is 11.1. The van der Waals surface area contributed by atoms with Crippen LogP contribution in [0.1, 0.15) is 0 Å². The maximum Gasteiger partial charge on any atom is 0.378 e. The smallest absolute Gasteiger partial charge is 0.378 e. The van der Waals surface area contributed by atoms with E-state index in [2.05, 4.69) is 9.57 Å². The van der Waals surface area contributed by atoms with Gasteiger partial charge in [0.2, 0.25) is 5.60 Å². The molecule has 8 nitrogen and oxygen atoms in total. The molecule has 3 atom stereocenters. The summed E-state index contributed by atoms with van der Waals surface area (Å²) in [6.07, 6.45) is -3.52. The van der Waals surface area contributed by atoms with E-state index in [1.54, 1.807) is 0 Å². The zero-order chi connectivity index (χ0) is 11.6. The van der Waals surface area contributed by atoms with Gasteiger partial charge in [0.15, 0.2) is 12.4 Å². The Morgan fingerprint density at radius 2 is 2.27 bits per heavy atom. The van der Waals surface area contributed by atoms with Crippen LogP contribution in [0.5, 0.6) is 0 Å². The van der Waals surface area contributed by atoms with E-state index in [1.807, 2.05) is 0 Å². The van der Waals surface area contributed by atoms with Gasteiger partial charge in [0.1, 0.15) is 6.10 Å². The van der Waals surface area contributed by atoms with E-state index in [-0.39, 0.29) is 6.29 Å². The minimum atomic E-state index is -2.27. The van der Waals surface area contributed by atoms with Crippen LogP contribution < -0.4 is 5.90 Å². The molecule has 1 rings (SSSR count). The standard InChI is InChI=1S/C7H9NO7/c8-15-5-4(12)6(13)14-7(5,2-10)3(11)1-9/h2-3,5,9,11H,1,8H2/t3-,5?,7+/m0/s1. The molecule has 0 bridgehead atoms. The Labute approximate surface area is 83.5 Å². The van der Waals surface area contributed by atoms with Crippen molar-refractivity contribution in [2.75, 3.05) is 6.61 Å². The molecule has 0 aliphatic carbocycles. The third-order valence-corrected chi connectivity index (χ3v) is 2.13. The second-order valence-corrected chi connectivity index (χ2v) is 2.94. The number of ketones is 1. The summed E-state index contributed by atoms with van der Waals surface area (Å²) in [5.74, 6) is 2.20. The van der Waals surface area contributed by atoms with Gasteiger partial charge in [-0.25, -0.2) is 10.7 Å². The molecule has 1 unspecified atom stereocenters. The van der Waals surface area contributed by atoms with Crippen LogP contribution in [-0.4, -0.2) is 52.7 Å². The van der Waals surface area contributed by atoms with Crippen molar-refractivity contribution in [3.8, 4) is 0 Å². The second-order valence-electron chi connectivity index (χ2n) is 2.94. The van der Waals surface area contributed by atoms with Crippen molar-refractivity contribution >= 4 is 18.0 Å². The number of Topliss-reactive ketones (excluding diaryl/α,β-unsaturated/α-hetero) is 1. The first-order chi connectivity index (χ1) is 7.03. The molecule has 0 spiro atoms. The number of esters is 1. The SMILES string of the molecule is NOC1C(=O)C(=O)O[C@]1(C=O)[C@@H](O)CO. The predicted octanol–water partition coefficient (Wildman–Crippen LogP) is -3.34. The lowest BCUT2D eigenvalue weighted by atomic mass is 9.92. The van der Waals surface area contributed by atoms with Crippen LogP contribution in [0, 0.1) is 0 Å². The average molecular weight is 219 g/mol. The second kappa shape index (κ2) is 4.03. The van der Waals surface area contributed by atoms with E-state index in [9.17, 15) is 19.5 Å². The number of carbonyl (C=O) groups excluding carboxylic acids is 3. The summed E-state index contributed by atoms with van der Waals surface area (Å²) in [4.78, 5) is 36.9. The number of cyclic esters (lactones) is 1. The minimum absolute atomic E-state index is 0.00815. The van der Waals surface area contributed by atoms with Crippen molar-refractivity contribution in [3.05, 3.63) is 0 Å². The number of ether oxygens (including phenoxy) is 1. The summed E-state index contributed by atoms with van der Waals surface area (Å²) in [7, 11) is 0. The molecule has 1 heterocycles. The third kappa shape index (κ3) is 1.53. The number of aliphatic hydroxyl groups is 2. The van der Waals surface area contributed by atoms with E-state index in [0.717, 1.165) is 0 Å². The highest BCUT2D eigenvalue weighted by atomic mass is 16.7. The Morgan fingerprint density at radius 3 is 2.67 bits per heavy atom. The van der Waals surface area contributed by atoms with Gasteiger partial charge >= 0.3 is 5.97 Å². The summed E-state index contributed by atoms with van der Waals surface area (Å²) in [6.45, 7) is -0.890. The lowest BCUT2D eigenvalue weighted by Crippen LogP contribution is -2.56. The van der Waals surface area contributed by atoms with Crippen LogP contribution in [0.25, 0.3) is 0 Å². The van der Waals surface area contributed by atoms with Gasteiger partial charge in [0.25, 0.3) is 5.78 Å². The van der Waals surface area contributed by atoms with Crippen LogP contribution in [-0.2, 0) is 24.0 Å². The van der Waals surface area contributed by atoms with Crippen LogP contribution in [0.2, 0.25) is 0 Å². The van der Waals surface area contributed by atoms with Gasteiger partial charge in [-0.2, -0.15) is 0 Å². The minimum Gasteiger partial charge on any atom is -0.439 e. The van der Waals surface area contributed by atoms with Gasteiger partial charge < -0.3 is 14.9 Å². The van der Waals surface area contributed by atoms with E-state index in [4.69, 9.17) is 11.0 Å². The van der Waals surface area contributed by atoms with E-state index in [0.29, 0.717) is 0 Å². The molecule has 0 amide bonds. The number of aldehydes is 1. The predicted molar refractivity (Wildman–Crippen MR) is 42.0 cm³/mol. The number of aliphatic hydroxyl groups excluding tert-OH is 2. The summed E-state index contributed by atoms with van der Waals surface area (Å²) >= 11 is 0. The highest BCUT2D eigenvalue weighted by Crippen LogP contribution is 2.28. The molecule has 1 saturated heterocycles. The highest BCUT2D eigenvalue weighted by molar-refractivity contribution is 6.38. The van der Waals surface area contributed by atoms with Crippen LogP contribution in [0.4, 0.5) is 0 Å². The number of rotatable bonds is 4. The van der Waals surface area contributed by atoms with E-state index < -0.39 is 36.2 Å². The number of carbonyl (C=O) groups is 3. The fourth-order valence-corrected chi connectivity index (χ4v) is 1.29. The Kier molecular flexibility index (Phi) is 3.15. The maximum atomic E-state index is 11.1.